The van der Waals surface area contributed by atoms with E-state index in [-0.39, 0.29) is 5.90 Å². The van der Waals surface area contributed by atoms with E-state index in [0.29, 0.717) is 32.9 Å². The summed E-state index contributed by atoms with van der Waals surface area (Å²) in [6, 6.07) is 14.0. The SMILES string of the molecule is O=c1oc2ccccc2c2c1C(c1cccc(Cl)c1)/C(=N\O)O2. The van der Waals surface area contributed by atoms with Gasteiger partial charge in [-0.3, -0.25) is 0 Å². The topological polar surface area (TPSA) is 72.0 Å². The first kappa shape index (κ1) is 13.8. The smallest absolute Gasteiger partial charge is 0.344 e. The maximum atomic E-state index is 12.4. The van der Waals surface area contributed by atoms with Crippen LogP contribution in [0.4, 0.5) is 0 Å². The van der Waals surface area contributed by atoms with Gasteiger partial charge in [-0.05, 0) is 29.8 Å². The van der Waals surface area contributed by atoms with Gasteiger partial charge in [-0.1, -0.05) is 41.0 Å². The monoisotopic (exact) mass is 327 g/mol. The van der Waals surface area contributed by atoms with Crippen LogP contribution in [0.3, 0.4) is 0 Å². The van der Waals surface area contributed by atoms with Crippen molar-refractivity contribution in [3.63, 3.8) is 0 Å². The predicted molar refractivity (Wildman–Crippen MR) is 85.6 cm³/mol. The third kappa shape index (κ3) is 2.09. The minimum Gasteiger partial charge on any atom is -0.437 e. The second-order valence-electron chi connectivity index (χ2n) is 5.16. The highest BCUT2D eigenvalue weighted by Crippen LogP contribution is 2.42. The van der Waals surface area contributed by atoms with Crippen LogP contribution in [0.1, 0.15) is 17.0 Å². The van der Waals surface area contributed by atoms with E-state index < -0.39 is 11.5 Å². The number of hydrogen-bond acceptors (Lipinski definition) is 5. The summed E-state index contributed by atoms with van der Waals surface area (Å²) >= 11 is 6.03. The molecular formula is C17H10ClNO4. The number of hydrogen-bond donors (Lipinski definition) is 1. The summed E-state index contributed by atoms with van der Waals surface area (Å²) in [7, 11) is 0. The van der Waals surface area contributed by atoms with Crippen molar-refractivity contribution in [3.05, 3.63) is 75.1 Å². The van der Waals surface area contributed by atoms with E-state index in [1.165, 1.54) is 0 Å². The molecule has 3 aromatic rings. The molecule has 0 aliphatic carbocycles. The zero-order valence-corrected chi connectivity index (χ0v) is 12.4. The number of rotatable bonds is 1. The van der Waals surface area contributed by atoms with Crippen molar-refractivity contribution in [1.82, 2.24) is 0 Å². The molecule has 2 heterocycles. The molecular weight excluding hydrogens is 318 g/mol. The molecule has 0 saturated heterocycles. The van der Waals surface area contributed by atoms with Crippen LogP contribution in [0, 0.1) is 0 Å². The summed E-state index contributed by atoms with van der Waals surface area (Å²) in [5.41, 5.74) is 0.882. The summed E-state index contributed by atoms with van der Waals surface area (Å²) in [6.07, 6.45) is 0. The van der Waals surface area contributed by atoms with E-state index in [4.69, 9.17) is 20.8 Å². The number of oxime groups is 1. The van der Waals surface area contributed by atoms with E-state index in [2.05, 4.69) is 5.16 Å². The Morgan fingerprint density at radius 2 is 1.96 bits per heavy atom. The molecule has 1 N–H and O–H groups in total. The average Bonchev–Trinajstić information content (AvgIpc) is 2.95. The van der Waals surface area contributed by atoms with Crippen LogP contribution in [-0.2, 0) is 0 Å². The van der Waals surface area contributed by atoms with Gasteiger partial charge < -0.3 is 14.4 Å². The molecule has 23 heavy (non-hydrogen) atoms. The molecule has 0 radical (unpaired) electrons. The highest BCUT2D eigenvalue weighted by molar-refractivity contribution is 6.30. The van der Waals surface area contributed by atoms with Gasteiger partial charge in [-0.25, -0.2) is 4.79 Å². The van der Waals surface area contributed by atoms with Gasteiger partial charge in [0, 0.05) is 5.02 Å². The molecule has 5 nitrogen and oxygen atoms in total. The highest BCUT2D eigenvalue weighted by atomic mass is 35.5. The molecule has 0 amide bonds. The van der Waals surface area contributed by atoms with Crippen molar-refractivity contribution in [3.8, 4) is 5.75 Å². The molecule has 1 atom stereocenters. The van der Waals surface area contributed by atoms with Crippen molar-refractivity contribution >= 4 is 28.5 Å². The predicted octanol–water partition coefficient (Wildman–Crippen LogP) is 3.76. The number of fused-ring (bicyclic) bond motifs is 3. The van der Waals surface area contributed by atoms with Crippen LogP contribution in [0.15, 0.2) is 62.9 Å². The van der Waals surface area contributed by atoms with Gasteiger partial charge in [0.1, 0.15) is 5.58 Å². The largest absolute Gasteiger partial charge is 0.437 e. The number of para-hydroxylation sites is 1. The van der Waals surface area contributed by atoms with E-state index in [1.54, 1.807) is 42.5 Å². The lowest BCUT2D eigenvalue weighted by molar-refractivity contribution is 0.303. The first-order valence-electron chi connectivity index (χ1n) is 6.90. The molecule has 4 rings (SSSR count). The Morgan fingerprint density at radius 3 is 2.74 bits per heavy atom. The summed E-state index contributed by atoms with van der Waals surface area (Å²) in [5.74, 6) is -0.282. The molecule has 0 fully saturated rings. The fourth-order valence-electron chi connectivity index (χ4n) is 2.86. The summed E-state index contributed by atoms with van der Waals surface area (Å²) in [6.45, 7) is 0. The van der Waals surface area contributed by atoms with E-state index >= 15 is 0 Å². The Kier molecular flexibility index (Phi) is 3.09. The molecule has 1 unspecified atom stereocenters. The third-order valence-electron chi connectivity index (χ3n) is 3.82. The van der Waals surface area contributed by atoms with E-state index in [1.807, 2.05) is 6.07 Å². The second kappa shape index (κ2) is 5.14. The molecule has 6 heteroatoms. The second-order valence-corrected chi connectivity index (χ2v) is 5.59. The van der Waals surface area contributed by atoms with Gasteiger partial charge >= 0.3 is 5.63 Å². The number of benzene rings is 2. The zero-order valence-electron chi connectivity index (χ0n) is 11.7. The molecule has 0 bridgehead atoms. The quantitative estimate of drug-likeness (QED) is 0.419. The van der Waals surface area contributed by atoms with Crippen molar-refractivity contribution in [1.29, 1.82) is 0 Å². The summed E-state index contributed by atoms with van der Waals surface area (Å²) in [4.78, 5) is 12.4. The number of nitrogens with zero attached hydrogens (tertiary/aromatic N) is 1. The van der Waals surface area contributed by atoms with Crippen LogP contribution < -0.4 is 10.4 Å². The summed E-state index contributed by atoms with van der Waals surface area (Å²) in [5, 5.41) is 13.7. The molecule has 1 aromatic heterocycles. The van der Waals surface area contributed by atoms with Gasteiger partial charge in [0.15, 0.2) is 5.75 Å². The molecule has 0 spiro atoms. The highest BCUT2D eigenvalue weighted by Gasteiger charge is 2.38. The van der Waals surface area contributed by atoms with Crippen LogP contribution in [0.2, 0.25) is 5.02 Å². The molecule has 2 aromatic carbocycles. The Bertz CT molecular complexity index is 1010. The molecule has 114 valence electrons. The molecule has 1 aliphatic rings. The van der Waals surface area contributed by atoms with Gasteiger partial charge in [0.05, 0.1) is 16.9 Å². The third-order valence-corrected chi connectivity index (χ3v) is 4.06. The van der Waals surface area contributed by atoms with E-state index in [0.717, 1.165) is 0 Å². The Balaban J connectivity index is 2.04. The lowest BCUT2D eigenvalue weighted by atomic mass is 9.93. The average molecular weight is 328 g/mol. The lowest BCUT2D eigenvalue weighted by Gasteiger charge is -2.08. The minimum absolute atomic E-state index is 0.0194. The van der Waals surface area contributed by atoms with Gasteiger partial charge in [-0.15, -0.1) is 0 Å². The minimum atomic E-state index is -0.658. The van der Waals surface area contributed by atoms with Crippen molar-refractivity contribution in [2.75, 3.05) is 0 Å². The van der Waals surface area contributed by atoms with Crippen molar-refractivity contribution in [2.45, 2.75) is 5.92 Å². The Hall–Kier alpha value is -2.79. The first-order valence-corrected chi connectivity index (χ1v) is 7.28. The fourth-order valence-corrected chi connectivity index (χ4v) is 3.05. The number of halogens is 1. The van der Waals surface area contributed by atoms with Crippen LogP contribution >= 0.6 is 11.6 Å². The Morgan fingerprint density at radius 1 is 1.13 bits per heavy atom. The lowest BCUT2D eigenvalue weighted by Crippen LogP contribution is -2.16. The maximum absolute atomic E-state index is 12.4. The van der Waals surface area contributed by atoms with E-state index in [9.17, 15) is 10.0 Å². The van der Waals surface area contributed by atoms with Gasteiger partial charge in [0.2, 0.25) is 5.90 Å². The van der Waals surface area contributed by atoms with Crippen LogP contribution in [-0.4, -0.2) is 11.1 Å². The Labute approximate surface area is 135 Å². The molecule has 1 aliphatic heterocycles. The maximum Gasteiger partial charge on any atom is 0.344 e. The van der Waals surface area contributed by atoms with Gasteiger partial charge in [0.25, 0.3) is 0 Å². The zero-order chi connectivity index (χ0) is 16.0. The standard InChI is InChI=1S/C17H10ClNO4/c18-10-5-3-4-9(8-10)13-14-15(23-16(13)19-21)11-6-1-2-7-12(11)22-17(14)20/h1-8,13,21H/b19-16+. The van der Waals surface area contributed by atoms with Crippen molar-refractivity contribution in [2.24, 2.45) is 5.16 Å². The number of ether oxygens (including phenoxy) is 1. The van der Waals surface area contributed by atoms with Gasteiger partial charge in [-0.2, -0.15) is 0 Å². The normalized spacial score (nSPS) is 18.1. The fraction of sp³-hybridized carbons (Fsp3) is 0.0588. The molecule has 0 saturated carbocycles. The summed E-state index contributed by atoms with van der Waals surface area (Å²) < 4.78 is 11.0. The van der Waals surface area contributed by atoms with Crippen LogP contribution in [0.25, 0.3) is 11.0 Å². The first-order chi connectivity index (χ1) is 11.2. The van der Waals surface area contributed by atoms with Crippen LogP contribution in [0.5, 0.6) is 5.75 Å². The van der Waals surface area contributed by atoms with Crippen molar-refractivity contribution < 1.29 is 14.4 Å².